The van der Waals surface area contributed by atoms with Gasteiger partial charge >= 0.3 is 5.92 Å². The molecule has 0 aliphatic heterocycles. The van der Waals surface area contributed by atoms with Crippen molar-refractivity contribution in [3.8, 4) is 0 Å². The third-order valence-corrected chi connectivity index (χ3v) is 2.25. The first-order chi connectivity index (χ1) is 7.16. The minimum absolute atomic E-state index is 0.0403. The lowest BCUT2D eigenvalue weighted by molar-refractivity contribution is -0.168. The van der Waals surface area contributed by atoms with Crippen molar-refractivity contribution in [3.05, 3.63) is 29.6 Å². The number of rotatable bonds is 3. The summed E-state index contributed by atoms with van der Waals surface area (Å²) in [7, 11) is 0. The molecule has 0 aliphatic rings. The smallest absolute Gasteiger partial charge is 0.300 e. The van der Waals surface area contributed by atoms with Crippen molar-refractivity contribution < 1.29 is 18.7 Å². The number of ketones is 1. The Bertz CT molecular complexity index is 411. The summed E-state index contributed by atoms with van der Waals surface area (Å²) in [5.41, 5.74) is -2.65. The summed E-state index contributed by atoms with van der Waals surface area (Å²) in [6, 6.07) is 2.09. The highest BCUT2D eigenvalue weighted by Crippen LogP contribution is 2.38. The fourth-order valence-electron chi connectivity index (χ4n) is 1.17. The molecule has 5 heteroatoms. The number of hydrogen-bond acceptors (Lipinski definition) is 3. The summed E-state index contributed by atoms with van der Waals surface area (Å²) in [6.07, 6.45) is 1.13. The molecule has 1 rings (SSSR count). The van der Waals surface area contributed by atoms with E-state index in [0.717, 1.165) is 32.2 Å². The number of aromatic nitrogens is 1. The van der Waals surface area contributed by atoms with Crippen molar-refractivity contribution in [1.82, 2.24) is 4.98 Å². The van der Waals surface area contributed by atoms with Gasteiger partial charge < -0.3 is 5.11 Å². The van der Waals surface area contributed by atoms with Crippen LogP contribution in [0.4, 0.5) is 8.78 Å². The lowest BCUT2D eigenvalue weighted by Crippen LogP contribution is -2.40. The fourth-order valence-corrected chi connectivity index (χ4v) is 1.17. The molecule has 0 unspecified atom stereocenters. The highest BCUT2D eigenvalue weighted by molar-refractivity contribution is 5.92. The first-order valence-electron chi connectivity index (χ1n) is 4.74. The van der Waals surface area contributed by atoms with E-state index in [4.69, 9.17) is 0 Å². The maximum atomic E-state index is 13.7. The Labute approximate surface area is 92.1 Å². The number of nitrogens with zero attached hydrogens (tertiary/aromatic N) is 1. The standard InChI is InChI=1S/C11H13F2NO2/c1-7(15)9-6-8(4-5-14-9)11(12,13)10(2,3)16/h4-6,16H,1-3H3. The van der Waals surface area contributed by atoms with Crippen LogP contribution in [-0.2, 0) is 5.92 Å². The monoisotopic (exact) mass is 229 g/mol. The second-order valence-corrected chi connectivity index (χ2v) is 4.12. The van der Waals surface area contributed by atoms with Crippen LogP contribution in [0.3, 0.4) is 0 Å². The summed E-state index contributed by atoms with van der Waals surface area (Å²) in [5, 5.41) is 9.37. The van der Waals surface area contributed by atoms with Crippen LogP contribution in [0.5, 0.6) is 0 Å². The van der Waals surface area contributed by atoms with Crippen LogP contribution in [0, 0.1) is 0 Å². The van der Waals surface area contributed by atoms with E-state index in [-0.39, 0.29) is 5.69 Å². The number of pyridine rings is 1. The van der Waals surface area contributed by atoms with Crippen LogP contribution < -0.4 is 0 Å². The third kappa shape index (κ3) is 2.24. The molecule has 1 aromatic heterocycles. The Morgan fingerprint density at radius 2 is 2.00 bits per heavy atom. The number of hydrogen-bond donors (Lipinski definition) is 1. The molecule has 0 bridgehead atoms. The van der Waals surface area contributed by atoms with Gasteiger partial charge in [-0.3, -0.25) is 9.78 Å². The summed E-state index contributed by atoms with van der Waals surface area (Å²) in [5.74, 6) is -3.83. The lowest BCUT2D eigenvalue weighted by atomic mass is 9.93. The van der Waals surface area contributed by atoms with Crippen molar-refractivity contribution in [3.63, 3.8) is 0 Å². The predicted octanol–water partition coefficient (Wildman–Crippen LogP) is 2.15. The fraction of sp³-hybridized carbons (Fsp3) is 0.455. The van der Waals surface area contributed by atoms with Gasteiger partial charge in [-0.1, -0.05) is 0 Å². The molecule has 3 nitrogen and oxygen atoms in total. The molecule has 0 fully saturated rings. The molecule has 0 atom stereocenters. The number of aliphatic hydroxyl groups is 1. The van der Waals surface area contributed by atoms with Crippen LogP contribution in [-0.4, -0.2) is 21.5 Å². The van der Waals surface area contributed by atoms with E-state index < -0.39 is 22.9 Å². The molecule has 88 valence electrons. The maximum Gasteiger partial charge on any atom is 0.300 e. The molecule has 1 N–H and O–H groups in total. The van der Waals surface area contributed by atoms with E-state index in [0.29, 0.717) is 0 Å². The summed E-state index contributed by atoms with van der Waals surface area (Å²) < 4.78 is 27.4. The average Bonchev–Trinajstić information content (AvgIpc) is 2.16. The number of alkyl halides is 2. The summed E-state index contributed by atoms with van der Waals surface area (Å²) >= 11 is 0. The van der Waals surface area contributed by atoms with Crippen molar-refractivity contribution >= 4 is 5.78 Å². The molecule has 1 heterocycles. The molecule has 16 heavy (non-hydrogen) atoms. The first kappa shape index (κ1) is 12.7. The van der Waals surface area contributed by atoms with Crippen LogP contribution in [0.15, 0.2) is 18.3 Å². The van der Waals surface area contributed by atoms with Crippen molar-refractivity contribution in [2.45, 2.75) is 32.3 Å². The minimum atomic E-state index is -3.43. The van der Waals surface area contributed by atoms with Gasteiger partial charge in [-0.05, 0) is 26.0 Å². The average molecular weight is 229 g/mol. The maximum absolute atomic E-state index is 13.7. The van der Waals surface area contributed by atoms with Gasteiger partial charge in [0.1, 0.15) is 11.3 Å². The minimum Gasteiger partial charge on any atom is -0.384 e. The van der Waals surface area contributed by atoms with Crippen LogP contribution in [0.25, 0.3) is 0 Å². The molecular formula is C11H13F2NO2. The zero-order valence-electron chi connectivity index (χ0n) is 9.29. The van der Waals surface area contributed by atoms with Gasteiger partial charge in [0.05, 0.1) is 0 Å². The molecular weight excluding hydrogens is 216 g/mol. The molecule has 0 aromatic carbocycles. The Morgan fingerprint density at radius 1 is 1.44 bits per heavy atom. The number of Topliss-reactive ketones (excluding diaryl/α,β-unsaturated/α-hetero) is 1. The number of carbonyl (C=O) groups excluding carboxylic acids is 1. The second-order valence-electron chi connectivity index (χ2n) is 4.12. The number of carbonyl (C=O) groups is 1. The molecule has 1 aromatic rings. The van der Waals surface area contributed by atoms with Gasteiger partial charge in [0.15, 0.2) is 5.78 Å². The largest absolute Gasteiger partial charge is 0.384 e. The molecule has 0 spiro atoms. The topological polar surface area (TPSA) is 50.2 Å². The Morgan fingerprint density at radius 3 is 2.44 bits per heavy atom. The van der Waals surface area contributed by atoms with Gasteiger partial charge in [-0.15, -0.1) is 0 Å². The van der Waals surface area contributed by atoms with E-state index in [2.05, 4.69) is 4.98 Å². The SMILES string of the molecule is CC(=O)c1cc(C(F)(F)C(C)(C)O)ccn1. The van der Waals surface area contributed by atoms with E-state index in [1.165, 1.54) is 6.92 Å². The third-order valence-electron chi connectivity index (χ3n) is 2.25. The van der Waals surface area contributed by atoms with E-state index >= 15 is 0 Å². The molecule has 0 amide bonds. The number of halogens is 2. The van der Waals surface area contributed by atoms with Gasteiger partial charge in [-0.25, -0.2) is 0 Å². The molecule has 0 saturated carbocycles. The van der Waals surface area contributed by atoms with Crippen molar-refractivity contribution in [2.75, 3.05) is 0 Å². The van der Waals surface area contributed by atoms with E-state index in [9.17, 15) is 18.7 Å². The van der Waals surface area contributed by atoms with Crippen molar-refractivity contribution in [2.24, 2.45) is 0 Å². The highest BCUT2D eigenvalue weighted by Gasteiger charge is 2.47. The quantitative estimate of drug-likeness (QED) is 0.808. The van der Waals surface area contributed by atoms with Gasteiger partial charge in [0.25, 0.3) is 0 Å². The second kappa shape index (κ2) is 3.90. The van der Waals surface area contributed by atoms with E-state index in [1.54, 1.807) is 0 Å². The Kier molecular flexibility index (Phi) is 3.10. The summed E-state index contributed by atoms with van der Waals surface area (Å²) in [6.45, 7) is 3.27. The van der Waals surface area contributed by atoms with Crippen LogP contribution >= 0.6 is 0 Å². The van der Waals surface area contributed by atoms with Gasteiger partial charge in [0.2, 0.25) is 0 Å². The Hall–Kier alpha value is -1.36. The van der Waals surface area contributed by atoms with Crippen molar-refractivity contribution in [1.29, 1.82) is 0 Å². The van der Waals surface area contributed by atoms with E-state index in [1.807, 2.05) is 0 Å². The normalized spacial score (nSPS) is 12.6. The molecule has 0 radical (unpaired) electrons. The highest BCUT2D eigenvalue weighted by atomic mass is 19.3. The summed E-state index contributed by atoms with van der Waals surface area (Å²) in [4.78, 5) is 14.7. The van der Waals surface area contributed by atoms with Crippen LogP contribution in [0.2, 0.25) is 0 Å². The van der Waals surface area contributed by atoms with Gasteiger partial charge in [-0.2, -0.15) is 8.78 Å². The van der Waals surface area contributed by atoms with Gasteiger partial charge in [0, 0.05) is 18.7 Å². The molecule has 0 aliphatic carbocycles. The first-order valence-corrected chi connectivity index (χ1v) is 4.74. The molecule has 0 saturated heterocycles. The van der Waals surface area contributed by atoms with Crippen LogP contribution in [0.1, 0.15) is 36.8 Å². The zero-order valence-corrected chi connectivity index (χ0v) is 9.29. The predicted molar refractivity (Wildman–Crippen MR) is 54.4 cm³/mol. The Balaban J connectivity index is 3.24. The lowest BCUT2D eigenvalue weighted by Gasteiger charge is -2.29. The zero-order chi connectivity index (χ0) is 12.6.